The molecule has 0 aliphatic rings. The molecule has 178 valence electrons. The van der Waals surface area contributed by atoms with Gasteiger partial charge in [-0.3, -0.25) is 5.32 Å². The smallest absolute Gasteiger partial charge is 0.351 e. The second-order valence-corrected chi connectivity index (χ2v) is 6.94. The summed E-state index contributed by atoms with van der Waals surface area (Å²) in [6.07, 6.45) is -15.9. The summed E-state index contributed by atoms with van der Waals surface area (Å²) >= 11 is 11.6. The third-order valence-corrected chi connectivity index (χ3v) is 4.43. The van der Waals surface area contributed by atoms with Crippen molar-refractivity contribution in [2.24, 2.45) is 5.73 Å². The van der Waals surface area contributed by atoms with E-state index in [9.17, 15) is 44.3 Å². The Morgan fingerprint density at radius 3 is 1.88 bits per heavy atom. The largest absolute Gasteiger partial charge is 0.451 e. The number of fused-ring (bicyclic) bond motifs is 1. The van der Waals surface area contributed by atoms with Crippen molar-refractivity contribution in [2.75, 3.05) is 5.32 Å². The maximum Gasteiger partial charge on any atom is 0.451 e. The number of urea groups is 1. The highest BCUT2D eigenvalue weighted by molar-refractivity contribution is 6.38. The fourth-order valence-electron chi connectivity index (χ4n) is 2.65. The summed E-state index contributed by atoms with van der Waals surface area (Å²) in [5.41, 5.74) is -0.527. The predicted octanol–water partition coefficient (Wildman–Crippen LogP) is 5.67. The number of benzene rings is 1. The molecule has 33 heavy (non-hydrogen) atoms. The molecule has 0 saturated carbocycles. The van der Waals surface area contributed by atoms with Crippen LogP contribution in [0.3, 0.4) is 0 Å². The first-order valence-electron chi connectivity index (χ1n) is 7.99. The van der Waals surface area contributed by atoms with Gasteiger partial charge < -0.3 is 5.73 Å². The molecule has 3 rings (SSSR count). The summed E-state index contributed by atoms with van der Waals surface area (Å²) < 4.78 is 119. The van der Waals surface area contributed by atoms with E-state index in [1.807, 2.05) is 0 Å². The summed E-state index contributed by atoms with van der Waals surface area (Å²) in [7, 11) is 0. The van der Waals surface area contributed by atoms with Crippen LogP contribution in [0.5, 0.6) is 0 Å². The number of rotatable bonds is 2. The minimum Gasteiger partial charge on any atom is -0.351 e. The summed E-state index contributed by atoms with van der Waals surface area (Å²) in [4.78, 5) is 16.8. The average molecular weight is 527 g/mol. The second-order valence-electron chi connectivity index (χ2n) is 6.13. The van der Waals surface area contributed by atoms with Crippen LogP contribution in [0.2, 0.25) is 10.0 Å². The zero-order valence-corrected chi connectivity index (χ0v) is 16.6. The van der Waals surface area contributed by atoms with E-state index in [0.717, 1.165) is 0 Å². The van der Waals surface area contributed by atoms with Crippen LogP contribution in [-0.4, -0.2) is 25.8 Å². The maximum atomic E-state index is 13.5. The number of nitrogens with one attached hydrogen (secondary N) is 1. The van der Waals surface area contributed by atoms with Gasteiger partial charge in [0.2, 0.25) is 5.82 Å². The molecule has 7 nitrogen and oxygen atoms in total. The van der Waals surface area contributed by atoms with E-state index in [0.29, 0.717) is 12.1 Å². The van der Waals surface area contributed by atoms with Crippen LogP contribution in [0.1, 0.15) is 17.1 Å². The minimum absolute atomic E-state index is 0.268. The van der Waals surface area contributed by atoms with Gasteiger partial charge in [-0.15, -0.1) is 5.10 Å². The van der Waals surface area contributed by atoms with Crippen molar-refractivity contribution < 1.29 is 44.3 Å². The Morgan fingerprint density at radius 2 is 1.45 bits per heavy atom. The first-order chi connectivity index (χ1) is 14.9. The van der Waals surface area contributed by atoms with Gasteiger partial charge in [0.1, 0.15) is 11.5 Å². The lowest BCUT2D eigenvalue weighted by Crippen LogP contribution is -2.23. The van der Waals surface area contributed by atoms with Crippen molar-refractivity contribution in [3.05, 3.63) is 39.3 Å². The van der Waals surface area contributed by atoms with Gasteiger partial charge in [0.25, 0.3) is 0 Å². The van der Waals surface area contributed by atoms with E-state index in [1.165, 1.54) is 0 Å². The first-order valence-corrected chi connectivity index (χ1v) is 8.75. The number of nitrogens with two attached hydrogens (primary N) is 1. The van der Waals surface area contributed by atoms with E-state index in [2.05, 4.69) is 15.1 Å². The van der Waals surface area contributed by atoms with Gasteiger partial charge in [0, 0.05) is 0 Å². The molecule has 0 aliphatic carbocycles. The average Bonchev–Trinajstić information content (AvgIpc) is 2.95. The Bertz CT molecular complexity index is 1240. The van der Waals surface area contributed by atoms with Gasteiger partial charge in [-0.1, -0.05) is 23.2 Å². The Labute approximate surface area is 185 Å². The molecule has 0 aliphatic heterocycles. The van der Waals surface area contributed by atoms with E-state index in [1.54, 1.807) is 5.32 Å². The fraction of sp³-hybridized carbons (Fsp3) is 0.200. The number of halogens is 11. The van der Waals surface area contributed by atoms with Crippen LogP contribution in [0, 0.1) is 0 Å². The van der Waals surface area contributed by atoms with Gasteiger partial charge in [0.15, 0.2) is 11.3 Å². The van der Waals surface area contributed by atoms with Gasteiger partial charge in [-0.25, -0.2) is 19.4 Å². The number of alkyl halides is 9. The normalized spacial score (nSPS) is 12.9. The predicted molar refractivity (Wildman–Crippen MR) is 94.9 cm³/mol. The molecule has 2 aromatic heterocycles. The minimum atomic E-state index is -5.52. The van der Waals surface area contributed by atoms with E-state index < -0.39 is 74.2 Å². The van der Waals surface area contributed by atoms with Crippen molar-refractivity contribution in [1.82, 2.24) is 19.7 Å². The van der Waals surface area contributed by atoms with Crippen LogP contribution in [0.15, 0.2) is 12.1 Å². The number of amides is 2. The summed E-state index contributed by atoms with van der Waals surface area (Å²) in [5, 5.41) is 2.25. The molecule has 0 radical (unpaired) electrons. The Kier molecular flexibility index (Phi) is 5.82. The second kappa shape index (κ2) is 7.79. The lowest BCUT2D eigenvalue weighted by molar-refractivity contribution is -0.151. The monoisotopic (exact) mass is 526 g/mol. The van der Waals surface area contributed by atoms with E-state index >= 15 is 0 Å². The van der Waals surface area contributed by atoms with Crippen molar-refractivity contribution in [3.63, 3.8) is 0 Å². The number of anilines is 1. The molecule has 1 aromatic carbocycles. The zero-order valence-electron chi connectivity index (χ0n) is 15.1. The summed E-state index contributed by atoms with van der Waals surface area (Å²) in [6, 6.07) is -0.841. The zero-order chi connectivity index (χ0) is 25.1. The molecule has 0 saturated heterocycles. The highest BCUT2D eigenvalue weighted by atomic mass is 35.5. The highest BCUT2D eigenvalue weighted by Gasteiger charge is 2.43. The van der Waals surface area contributed by atoms with Crippen LogP contribution < -0.4 is 11.1 Å². The number of nitrogens with zero attached hydrogens (tertiary/aromatic N) is 4. The molecule has 0 atom stereocenters. The van der Waals surface area contributed by atoms with Crippen LogP contribution in [-0.2, 0) is 18.5 Å². The maximum absolute atomic E-state index is 13.5. The number of aromatic nitrogens is 4. The van der Waals surface area contributed by atoms with Crippen LogP contribution in [0.4, 0.5) is 50.1 Å². The van der Waals surface area contributed by atoms with Gasteiger partial charge in [-0.05, 0) is 12.1 Å². The Balaban J connectivity index is 2.46. The van der Waals surface area contributed by atoms with Crippen molar-refractivity contribution in [2.45, 2.75) is 18.5 Å². The van der Waals surface area contributed by atoms with E-state index in [4.69, 9.17) is 28.9 Å². The highest BCUT2D eigenvalue weighted by Crippen LogP contribution is 2.42. The molecule has 3 aromatic rings. The topological polar surface area (TPSA) is 98.7 Å². The van der Waals surface area contributed by atoms with Gasteiger partial charge in [-0.2, -0.15) is 39.5 Å². The van der Waals surface area contributed by atoms with Crippen LogP contribution in [0.25, 0.3) is 16.7 Å². The number of hydrogen-bond acceptors (Lipinski definition) is 4. The number of primary amides is 1. The van der Waals surface area contributed by atoms with Gasteiger partial charge >= 0.3 is 24.6 Å². The molecule has 2 amide bonds. The Hall–Kier alpha value is -3.01. The molecular formula is C15H5Cl2F9N6O. The van der Waals surface area contributed by atoms with Crippen molar-refractivity contribution in [1.29, 1.82) is 0 Å². The molecule has 0 bridgehead atoms. The molecule has 2 heterocycles. The SMILES string of the molecule is NC(=O)Nc1c2c(C(F)(F)F)nc(C(F)(F)F)nc2nn1-c1c(Cl)cc(C(F)(F)F)cc1Cl. The van der Waals surface area contributed by atoms with Gasteiger partial charge in [0.05, 0.1) is 21.0 Å². The standard InChI is InChI=1S/C15H5Cl2F9N6O/c16-4-1-3(13(18,19)20)2-5(17)7(4)32-10(30-12(27)33)6-8(14(21,22)23)28-11(15(24,25)26)29-9(6)31-32/h1-2H,(H3,27,30,33). The number of carbonyl (C=O) groups excluding carboxylic acids is 1. The quantitative estimate of drug-likeness (QED) is 0.420. The summed E-state index contributed by atoms with van der Waals surface area (Å²) in [5.74, 6) is -3.26. The number of carbonyl (C=O) groups is 1. The number of hydrogen-bond donors (Lipinski definition) is 2. The Morgan fingerprint density at radius 1 is 0.909 bits per heavy atom. The molecule has 18 heteroatoms. The molecule has 0 unspecified atom stereocenters. The molecule has 0 fully saturated rings. The summed E-state index contributed by atoms with van der Waals surface area (Å²) in [6.45, 7) is 0. The third-order valence-electron chi connectivity index (χ3n) is 3.85. The van der Waals surface area contributed by atoms with Crippen molar-refractivity contribution in [3.8, 4) is 5.69 Å². The first kappa shape index (κ1) is 24.6. The fourth-order valence-corrected chi connectivity index (χ4v) is 3.29. The lowest BCUT2D eigenvalue weighted by Gasteiger charge is -2.15. The van der Waals surface area contributed by atoms with E-state index in [-0.39, 0.29) is 4.68 Å². The van der Waals surface area contributed by atoms with Crippen molar-refractivity contribution >= 4 is 46.1 Å². The lowest BCUT2D eigenvalue weighted by atomic mass is 10.2. The third kappa shape index (κ3) is 4.71. The molecular weight excluding hydrogens is 522 g/mol. The molecule has 0 spiro atoms. The van der Waals surface area contributed by atoms with Crippen LogP contribution >= 0.6 is 23.2 Å². The molecule has 3 N–H and O–H groups in total.